The molecule has 3 rings (SSSR count). The fourth-order valence-electron chi connectivity index (χ4n) is 3.36. The quantitative estimate of drug-likeness (QED) is 0.726. The highest BCUT2D eigenvalue weighted by Gasteiger charge is 2.25. The summed E-state index contributed by atoms with van der Waals surface area (Å²) in [6.07, 6.45) is 2.17. The minimum atomic E-state index is -3.43. The van der Waals surface area contributed by atoms with Crippen LogP contribution < -0.4 is 4.74 Å². The fourth-order valence-corrected chi connectivity index (χ4v) is 4.26. The average Bonchev–Trinajstić information content (AvgIpc) is 3.11. The second-order valence-corrected chi connectivity index (χ2v) is 9.00. The van der Waals surface area contributed by atoms with E-state index < -0.39 is 10.0 Å². The van der Waals surface area contributed by atoms with Crippen LogP contribution in [0.4, 0.5) is 4.39 Å². The molecule has 0 bridgehead atoms. The van der Waals surface area contributed by atoms with E-state index in [2.05, 4.69) is 4.90 Å². The minimum Gasteiger partial charge on any atom is -0.492 e. The third-order valence-corrected chi connectivity index (χ3v) is 6.70. The Hall–Kier alpha value is -1.96. The van der Waals surface area contributed by atoms with Crippen LogP contribution in [0.5, 0.6) is 5.75 Å². The average molecular weight is 392 g/mol. The Bertz CT molecular complexity index is 852. The Morgan fingerprint density at radius 3 is 2.41 bits per heavy atom. The van der Waals surface area contributed by atoms with Gasteiger partial charge in [0.25, 0.3) is 0 Å². The van der Waals surface area contributed by atoms with E-state index in [1.807, 2.05) is 12.1 Å². The molecule has 0 amide bonds. The lowest BCUT2D eigenvalue weighted by atomic mass is 10.0. The molecule has 2 aromatic rings. The number of likely N-dealkylation sites (tertiary alicyclic amines) is 1. The highest BCUT2D eigenvalue weighted by atomic mass is 32.2. The third kappa shape index (κ3) is 4.66. The van der Waals surface area contributed by atoms with Crippen molar-refractivity contribution in [2.45, 2.75) is 23.8 Å². The van der Waals surface area contributed by atoms with Crippen LogP contribution in [0.25, 0.3) is 0 Å². The molecule has 1 saturated heterocycles. The van der Waals surface area contributed by atoms with E-state index in [0.717, 1.165) is 31.5 Å². The van der Waals surface area contributed by atoms with Gasteiger partial charge in [-0.2, -0.15) is 0 Å². The molecule has 0 saturated carbocycles. The molecule has 5 nitrogen and oxygen atoms in total. The second kappa shape index (κ2) is 8.37. The lowest BCUT2D eigenvalue weighted by Gasteiger charge is -2.24. The number of benzene rings is 2. The Labute approximate surface area is 160 Å². The zero-order valence-corrected chi connectivity index (χ0v) is 16.5. The lowest BCUT2D eigenvalue weighted by molar-refractivity contribution is 0.197. The number of rotatable bonds is 7. The molecule has 1 aliphatic rings. The van der Waals surface area contributed by atoms with Gasteiger partial charge in [0, 0.05) is 26.7 Å². The first kappa shape index (κ1) is 19.8. The molecule has 27 heavy (non-hydrogen) atoms. The monoisotopic (exact) mass is 392 g/mol. The maximum atomic E-state index is 13.1. The summed E-state index contributed by atoms with van der Waals surface area (Å²) in [4.78, 5) is 2.59. The summed E-state index contributed by atoms with van der Waals surface area (Å²) in [5.74, 6) is 0.427. The predicted octanol–water partition coefficient (Wildman–Crippen LogP) is 3.29. The molecule has 1 aliphatic heterocycles. The molecule has 7 heteroatoms. The lowest BCUT2D eigenvalue weighted by Crippen LogP contribution is -2.28. The minimum absolute atomic E-state index is 0.216. The van der Waals surface area contributed by atoms with E-state index in [9.17, 15) is 12.8 Å². The van der Waals surface area contributed by atoms with Gasteiger partial charge >= 0.3 is 0 Å². The van der Waals surface area contributed by atoms with Crippen molar-refractivity contribution < 1.29 is 17.5 Å². The molecule has 0 aromatic heterocycles. The molecule has 1 heterocycles. The summed E-state index contributed by atoms with van der Waals surface area (Å²) in [5, 5.41) is 0. The van der Waals surface area contributed by atoms with Crippen LogP contribution in [-0.2, 0) is 10.0 Å². The van der Waals surface area contributed by atoms with Crippen molar-refractivity contribution >= 4 is 10.0 Å². The summed E-state index contributed by atoms with van der Waals surface area (Å²) in [7, 11) is -0.411. The van der Waals surface area contributed by atoms with Crippen molar-refractivity contribution in [3.8, 4) is 5.75 Å². The zero-order valence-electron chi connectivity index (χ0n) is 15.6. The maximum absolute atomic E-state index is 13.1. The van der Waals surface area contributed by atoms with Gasteiger partial charge in [0.1, 0.15) is 18.2 Å². The summed E-state index contributed by atoms with van der Waals surface area (Å²) >= 11 is 0. The van der Waals surface area contributed by atoms with Crippen LogP contribution in [0.1, 0.15) is 24.4 Å². The summed E-state index contributed by atoms with van der Waals surface area (Å²) in [6.45, 7) is 2.27. The number of hydrogen-bond donors (Lipinski definition) is 0. The Kier molecular flexibility index (Phi) is 6.14. The van der Waals surface area contributed by atoms with Crippen molar-refractivity contribution in [3.05, 3.63) is 59.9 Å². The smallest absolute Gasteiger partial charge is 0.242 e. The first-order chi connectivity index (χ1) is 12.9. The highest BCUT2D eigenvalue weighted by molar-refractivity contribution is 7.89. The molecule has 146 valence electrons. The first-order valence-corrected chi connectivity index (χ1v) is 10.5. The number of ether oxygens (including phenoxy) is 1. The molecule has 0 aliphatic carbocycles. The largest absolute Gasteiger partial charge is 0.492 e. The van der Waals surface area contributed by atoms with Gasteiger partial charge in [0.05, 0.1) is 4.90 Å². The van der Waals surface area contributed by atoms with Crippen LogP contribution in [0.3, 0.4) is 0 Å². The van der Waals surface area contributed by atoms with E-state index in [1.54, 1.807) is 24.3 Å². The van der Waals surface area contributed by atoms with Gasteiger partial charge in [-0.15, -0.1) is 0 Å². The summed E-state index contributed by atoms with van der Waals surface area (Å²) in [5.41, 5.74) is 1.13. The molecule has 1 fully saturated rings. The van der Waals surface area contributed by atoms with E-state index in [4.69, 9.17) is 4.74 Å². The van der Waals surface area contributed by atoms with E-state index in [0.29, 0.717) is 18.4 Å². The van der Waals surface area contributed by atoms with Gasteiger partial charge in [-0.25, -0.2) is 17.1 Å². The van der Waals surface area contributed by atoms with Crippen molar-refractivity contribution in [1.29, 1.82) is 0 Å². The number of halogens is 1. The Morgan fingerprint density at radius 1 is 1.11 bits per heavy atom. The molecule has 0 radical (unpaired) electrons. The number of hydrogen-bond acceptors (Lipinski definition) is 4. The highest BCUT2D eigenvalue weighted by Crippen LogP contribution is 2.31. The number of nitrogens with zero attached hydrogens (tertiary/aromatic N) is 2. The second-order valence-electron chi connectivity index (χ2n) is 6.85. The predicted molar refractivity (Wildman–Crippen MR) is 103 cm³/mol. The summed E-state index contributed by atoms with van der Waals surface area (Å²) in [6, 6.07) is 13.5. The van der Waals surface area contributed by atoms with Gasteiger partial charge in [-0.05, 0) is 61.3 Å². The third-order valence-electron chi connectivity index (χ3n) is 4.87. The Morgan fingerprint density at radius 2 is 1.78 bits per heavy atom. The van der Waals surface area contributed by atoms with E-state index >= 15 is 0 Å². The van der Waals surface area contributed by atoms with Crippen LogP contribution in [0.2, 0.25) is 0 Å². The molecule has 0 N–H and O–H groups in total. The molecular weight excluding hydrogens is 367 g/mol. The summed E-state index contributed by atoms with van der Waals surface area (Å²) < 4.78 is 44.3. The van der Waals surface area contributed by atoms with Gasteiger partial charge in [0.2, 0.25) is 10.0 Å². The molecule has 1 atom stereocenters. The Balaban J connectivity index is 1.55. The van der Waals surface area contributed by atoms with E-state index in [1.165, 1.54) is 30.5 Å². The SMILES string of the molecule is CN(C)S(=O)(=O)c1ccc(OCCN2CCCC2c2ccc(F)cc2)cc1. The van der Waals surface area contributed by atoms with Crippen molar-refractivity contribution in [1.82, 2.24) is 9.21 Å². The van der Waals surface area contributed by atoms with Gasteiger partial charge in [0.15, 0.2) is 0 Å². The molecule has 2 aromatic carbocycles. The first-order valence-electron chi connectivity index (χ1n) is 9.03. The van der Waals surface area contributed by atoms with Crippen LogP contribution >= 0.6 is 0 Å². The molecule has 0 spiro atoms. The molecular formula is C20H25FN2O3S. The van der Waals surface area contributed by atoms with Gasteiger partial charge < -0.3 is 4.74 Å². The molecule has 1 unspecified atom stereocenters. The topological polar surface area (TPSA) is 49.9 Å². The van der Waals surface area contributed by atoms with Gasteiger partial charge in [-0.3, -0.25) is 4.90 Å². The van der Waals surface area contributed by atoms with Crippen molar-refractivity contribution in [2.75, 3.05) is 33.8 Å². The van der Waals surface area contributed by atoms with E-state index in [-0.39, 0.29) is 10.7 Å². The maximum Gasteiger partial charge on any atom is 0.242 e. The normalized spacial score (nSPS) is 18.1. The van der Waals surface area contributed by atoms with Gasteiger partial charge in [-0.1, -0.05) is 12.1 Å². The zero-order chi connectivity index (χ0) is 19.4. The fraction of sp³-hybridized carbons (Fsp3) is 0.400. The van der Waals surface area contributed by atoms with Crippen LogP contribution in [0, 0.1) is 5.82 Å². The van der Waals surface area contributed by atoms with Crippen molar-refractivity contribution in [2.24, 2.45) is 0 Å². The number of sulfonamides is 1. The standard InChI is InChI=1S/C20H25FN2O3S/c1-22(2)27(24,25)19-11-9-18(10-12-19)26-15-14-23-13-3-4-20(23)16-5-7-17(21)8-6-16/h5-12,20H,3-4,13-15H2,1-2H3. The van der Waals surface area contributed by atoms with Crippen LogP contribution in [0.15, 0.2) is 53.4 Å². The van der Waals surface area contributed by atoms with Crippen LogP contribution in [-0.4, -0.2) is 51.4 Å². The van der Waals surface area contributed by atoms with Crippen molar-refractivity contribution in [3.63, 3.8) is 0 Å².